The monoisotopic (exact) mass is 255 g/mol. The first-order valence-corrected chi connectivity index (χ1v) is 6.97. The van der Waals surface area contributed by atoms with E-state index in [0.29, 0.717) is 0 Å². The summed E-state index contributed by atoms with van der Waals surface area (Å²) in [4.78, 5) is 16.5. The van der Waals surface area contributed by atoms with E-state index < -0.39 is 5.54 Å². The first kappa shape index (κ1) is 15.4. The predicted octanol–water partition coefficient (Wildman–Crippen LogP) is 1.45. The van der Waals surface area contributed by atoms with Crippen molar-refractivity contribution in [2.45, 2.75) is 57.0 Å². The summed E-state index contributed by atoms with van der Waals surface area (Å²) in [5.74, 6) is 0.0671. The van der Waals surface area contributed by atoms with Gasteiger partial charge in [0.2, 0.25) is 5.91 Å². The van der Waals surface area contributed by atoms with Crippen LogP contribution in [0.4, 0.5) is 0 Å². The van der Waals surface area contributed by atoms with Crippen molar-refractivity contribution in [3.63, 3.8) is 0 Å². The fraction of sp³-hybridized carbons (Fsp3) is 0.929. The van der Waals surface area contributed by atoms with E-state index in [2.05, 4.69) is 25.9 Å². The molecule has 0 aromatic heterocycles. The summed E-state index contributed by atoms with van der Waals surface area (Å²) in [7, 11) is 6.09. The molecule has 106 valence electrons. The zero-order chi connectivity index (χ0) is 14.0. The second-order valence-corrected chi connectivity index (χ2v) is 6.30. The van der Waals surface area contributed by atoms with E-state index in [4.69, 9.17) is 5.73 Å². The summed E-state index contributed by atoms with van der Waals surface area (Å²) < 4.78 is 0. The van der Waals surface area contributed by atoms with Crippen LogP contribution in [0.15, 0.2) is 0 Å². The highest BCUT2D eigenvalue weighted by Gasteiger charge is 2.42. The number of hydrogen-bond donors (Lipinski definition) is 1. The Hall–Kier alpha value is -0.610. The number of nitrogens with zero attached hydrogens (tertiary/aromatic N) is 2. The normalized spacial score (nSPS) is 21.3. The predicted molar refractivity (Wildman–Crippen MR) is 75.4 cm³/mol. The molecule has 1 rings (SSSR count). The highest BCUT2D eigenvalue weighted by atomic mass is 16.2. The topological polar surface area (TPSA) is 49.6 Å². The van der Waals surface area contributed by atoms with Gasteiger partial charge in [-0.05, 0) is 46.7 Å². The van der Waals surface area contributed by atoms with Crippen LogP contribution in [0.5, 0.6) is 0 Å². The van der Waals surface area contributed by atoms with Gasteiger partial charge in [0.05, 0.1) is 5.54 Å². The molecule has 4 nitrogen and oxygen atoms in total. The number of rotatable bonds is 6. The molecule has 0 radical (unpaired) electrons. The minimum absolute atomic E-state index is 0.0671. The molecule has 18 heavy (non-hydrogen) atoms. The third-order valence-corrected chi connectivity index (χ3v) is 4.37. The lowest BCUT2D eigenvalue weighted by atomic mass is 9.75. The van der Waals surface area contributed by atoms with Crippen LogP contribution in [0.1, 0.15) is 46.0 Å². The molecule has 4 heteroatoms. The lowest BCUT2D eigenvalue weighted by Crippen LogP contribution is -2.61. The van der Waals surface area contributed by atoms with Crippen LogP contribution in [0.3, 0.4) is 0 Å². The van der Waals surface area contributed by atoms with Crippen molar-refractivity contribution >= 4 is 5.91 Å². The van der Waals surface area contributed by atoms with Crippen molar-refractivity contribution < 1.29 is 4.79 Å². The van der Waals surface area contributed by atoms with Crippen molar-refractivity contribution in [1.29, 1.82) is 0 Å². The Bertz CT molecular complexity index is 295. The number of hydrogen-bond acceptors (Lipinski definition) is 3. The largest absolute Gasteiger partial charge is 0.342 e. The minimum atomic E-state index is -0.721. The number of carbonyl (C=O) groups is 1. The molecule has 0 bridgehead atoms. The molecule has 1 unspecified atom stereocenters. The lowest BCUT2D eigenvalue weighted by Gasteiger charge is -2.49. The molecule has 1 saturated carbocycles. The Balaban J connectivity index is 2.65. The molecule has 0 aromatic rings. The van der Waals surface area contributed by atoms with Gasteiger partial charge in [-0.2, -0.15) is 0 Å². The average Bonchev–Trinajstić information content (AvgIpc) is 2.21. The van der Waals surface area contributed by atoms with E-state index in [-0.39, 0.29) is 11.4 Å². The Morgan fingerprint density at radius 2 is 1.89 bits per heavy atom. The summed E-state index contributed by atoms with van der Waals surface area (Å²) in [5.41, 5.74) is 5.57. The van der Waals surface area contributed by atoms with Gasteiger partial charge in [-0.3, -0.25) is 4.79 Å². The van der Waals surface area contributed by atoms with E-state index in [1.807, 2.05) is 18.9 Å². The number of likely N-dealkylation sites (N-methyl/N-ethyl adjacent to an activating group) is 2. The zero-order valence-electron chi connectivity index (χ0n) is 12.6. The summed E-state index contributed by atoms with van der Waals surface area (Å²) in [6.07, 6.45) is 5.28. The summed E-state index contributed by atoms with van der Waals surface area (Å²) >= 11 is 0. The van der Waals surface area contributed by atoms with Crippen molar-refractivity contribution in [3.05, 3.63) is 0 Å². The van der Waals surface area contributed by atoms with Crippen LogP contribution in [0.25, 0.3) is 0 Å². The Morgan fingerprint density at radius 3 is 2.22 bits per heavy atom. The highest BCUT2D eigenvalue weighted by Crippen LogP contribution is 2.36. The van der Waals surface area contributed by atoms with Crippen LogP contribution < -0.4 is 5.73 Å². The third kappa shape index (κ3) is 3.04. The lowest BCUT2D eigenvalue weighted by molar-refractivity contribution is -0.138. The molecule has 1 aliphatic rings. The van der Waals surface area contributed by atoms with Gasteiger partial charge in [0.25, 0.3) is 0 Å². The second kappa shape index (κ2) is 5.57. The fourth-order valence-corrected chi connectivity index (χ4v) is 2.91. The van der Waals surface area contributed by atoms with Gasteiger partial charge in [0, 0.05) is 19.1 Å². The molecule has 0 aliphatic heterocycles. The van der Waals surface area contributed by atoms with Crippen LogP contribution in [0, 0.1) is 0 Å². The van der Waals surface area contributed by atoms with E-state index >= 15 is 0 Å². The summed E-state index contributed by atoms with van der Waals surface area (Å²) in [5, 5.41) is 0. The van der Waals surface area contributed by atoms with Gasteiger partial charge in [-0.25, -0.2) is 0 Å². The smallest absolute Gasteiger partial charge is 0.242 e. The summed E-state index contributed by atoms with van der Waals surface area (Å²) in [6.45, 7) is 4.69. The highest BCUT2D eigenvalue weighted by molar-refractivity contribution is 5.85. The molecule has 1 aliphatic carbocycles. The van der Waals surface area contributed by atoms with Gasteiger partial charge in [-0.1, -0.05) is 13.3 Å². The molecule has 2 N–H and O–H groups in total. The van der Waals surface area contributed by atoms with Crippen molar-refractivity contribution in [2.75, 3.05) is 27.7 Å². The fourth-order valence-electron chi connectivity index (χ4n) is 2.91. The molecule has 1 atom stereocenters. The molecule has 0 saturated heterocycles. The van der Waals surface area contributed by atoms with E-state index in [0.717, 1.165) is 19.4 Å². The van der Waals surface area contributed by atoms with Crippen molar-refractivity contribution in [1.82, 2.24) is 9.80 Å². The van der Waals surface area contributed by atoms with Gasteiger partial charge < -0.3 is 15.5 Å². The first-order valence-electron chi connectivity index (χ1n) is 6.97. The molecule has 1 amide bonds. The first-order chi connectivity index (χ1) is 8.25. The standard InChI is InChI=1S/C14H29N3O/c1-6-8-13(2,15)12(18)17(5)11-14(16(3)4)9-7-10-14/h6-11,15H2,1-5H3. The third-order valence-electron chi connectivity index (χ3n) is 4.37. The van der Waals surface area contributed by atoms with Crippen LogP contribution in [-0.4, -0.2) is 54.5 Å². The molecule has 0 spiro atoms. The van der Waals surface area contributed by atoms with E-state index in [1.165, 1.54) is 19.3 Å². The van der Waals surface area contributed by atoms with Crippen LogP contribution in [-0.2, 0) is 4.79 Å². The van der Waals surface area contributed by atoms with Gasteiger partial charge in [0.15, 0.2) is 0 Å². The van der Waals surface area contributed by atoms with E-state index in [9.17, 15) is 4.79 Å². The van der Waals surface area contributed by atoms with Crippen molar-refractivity contribution in [2.24, 2.45) is 5.73 Å². The van der Waals surface area contributed by atoms with Gasteiger partial charge in [0.1, 0.15) is 0 Å². The SMILES string of the molecule is CCCC(C)(N)C(=O)N(C)CC1(N(C)C)CCC1. The quantitative estimate of drug-likeness (QED) is 0.781. The summed E-state index contributed by atoms with van der Waals surface area (Å²) in [6, 6.07) is 0. The minimum Gasteiger partial charge on any atom is -0.342 e. The molecular formula is C14H29N3O. The van der Waals surface area contributed by atoms with Crippen LogP contribution in [0.2, 0.25) is 0 Å². The number of amides is 1. The maximum Gasteiger partial charge on any atom is 0.242 e. The van der Waals surface area contributed by atoms with Gasteiger partial charge in [-0.15, -0.1) is 0 Å². The Morgan fingerprint density at radius 1 is 1.33 bits per heavy atom. The molecular weight excluding hydrogens is 226 g/mol. The maximum atomic E-state index is 12.4. The molecule has 1 fully saturated rings. The molecule has 0 aromatic carbocycles. The number of nitrogens with two attached hydrogens (primary N) is 1. The maximum absolute atomic E-state index is 12.4. The van der Waals surface area contributed by atoms with Gasteiger partial charge >= 0.3 is 0 Å². The second-order valence-electron chi connectivity index (χ2n) is 6.30. The zero-order valence-corrected chi connectivity index (χ0v) is 12.6. The number of carbonyl (C=O) groups excluding carboxylic acids is 1. The Kier molecular flexibility index (Phi) is 4.78. The average molecular weight is 255 g/mol. The molecule has 0 heterocycles. The van der Waals surface area contributed by atoms with Crippen LogP contribution >= 0.6 is 0 Å². The van der Waals surface area contributed by atoms with E-state index in [1.54, 1.807) is 0 Å². The van der Waals surface area contributed by atoms with Crippen molar-refractivity contribution in [3.8, 4) is 0 Å². The Labute approximate surface area is 111 Å².